The van der Waals surface area contributed by atoms with Gasteiger partial charge in [0.25, 0.3) is 11.6 Å². The van der Waals surface area contributed by atoms with Crippen molar-refractivity contribution in [2.75, 3.05) is 7.05 Å². The van der Waals surface area contributed by atoms with Crippen molar-refractivity contribution in [1.29, 1.82) is 0 Å². The third-order valence-electron chi connectivity index (χ3n) is 2.66. The molecule has 0 fully saturated rings. The molecule has 2 aromatic heterocycles. The molecule has 1 N–H and O–H groups in total. The van der Waals surface area contributed by atoms with E-state index in [0.29, 0.717) is 17.9 Å². The molecule has 2 aromatic rings. The molecular formula is C10H12F3N5. The van der Waals surface area contributed by atoms with Crippen LogP contribution in [-0.2, 0) is 12.7 Å². The molecule has 0 atom stereocenters. The Morgan fingerprint density at radius 1 is 1.22 bits per heavy atom. The zero-order chi connectivity index (χ0) is 13.5. The standard InChI is InChI=1S/C10H12F3N5/c1-5-7(4-14-3)6(2)18-9(15-5)16-8(17-18)10(11,12)13/h14H,4H2,1-3H3. The Morgan fingerprint density at radius 2 is 1.89 bits per heavy atom. The molecule has 18 heavy (non-hydrogen) atoms. The molecule has 0 saturated heterocycles. The van der Waals surface area contributed by atoms with Crippen molar-refractivity contribution < 1.29 is 13.2 Å². The Hall–Kier alpha value is -1.70. The van der Waals surface area contributed by atoms with Crippen molar-refractivity contribution in [3.8, 4) is 0 Å². The predicted molar refractivity (Wildman–Crippen MR) is 58.0 cm³/mol. The Kier molecular flexibility index (Phi) is 2.97. The van der Waals surface area contributed by atoms with Crippen molar-refractivity contribution in [2.24, 2.45) is 0 Å². The highest BCUT2D eigenvalue weighted by Crippen LogP contribution is 2.26. The van der Waals surface area contributed by atoms with Gasteiger partial charge in [-0.15, -0.1) is 5.10 Å². The van der Waals surface area contributed by atoms with E-state index in [9.17, 15) is 13.2 Å². The number of hydrogen-bond donors (Lipinski definition) is 1. The van der Waals surface area contributed by atoms with Crippen LogP contribution in [0.1, 0.15) is 22.8 Å². The summed E-state index contributed by atoms with van der Waals surface area (Å²) < 4.78 is 38.7. The number of aromatic nitrogens is 4. The Labute approximate surface area is 101 Å². The first kappa shape index (κ1) is 12.7. The molecule has 0 bridgehead atoms. The molecule has 0 aliphatic heterocycles. The molecular weight excluding hydrogens is 247 g/mol. The number of alkyl halides is 3. The molecule has 0 aromatic carbocycles. The van der Waals surface area contributed by atoms with Gasteiger partial charge >= 0.3 is 6.18 Å². The minimum absolute atomic E-state index is 0.0304. The van der Waals surface area contributed by atoms with Crippen LogP contribution < -0.4 is 5.32 Å². The van der Waals surface area contributed by atoms with Crippen molar-refractivity contribution in [1.82, 2.24) is 24.9 Å². The molecule has 8 heteroatoms. The number of rotatable bonds is 2. The minimum atomic E-state index is -4.56. The number of nitrogens with zero attached hydrogens (tertiary/aromatic N) is 4. The topological polar surface area (TPSA) is 55.1 Å². The molecule has 0 saturated carbocycles. The van der Waals surface area contributed by atoms with Crippen LogP contribution in [0, 0.1) is 13.8 Å². The Bertz CT molecular complexity index is 587. The maximum atomic E-state index is 12.5. The van der Waals surface area contributed by atoms with Gasteiger partial charge in [0.15, 0.2) is 0 Å². The lowest BCUT2D eigenvalue weighted by Gasteiger charge is -2.09. The molecule has 98 valence electrons. The summed E-state index contributed by atoms with van der Waals surface area (Å²) in [5, 5.41) is 6.40. The van der Waals surface area contributed by atoms with E-state index in [-0.39, 0.29) is 5.78 Å². The number of hydrogen-bond acceptors (Lipinski definition) is 4. The van der Waals surface area contributed by atoms with Crippen molar-refractivity contribution >= 4 is 5.78 Å². The highest BCUT2D eigenvalue weighted by Gasteiger charge is 2.36. The molecule has 0 spiro atoms. The molecule has 5 nitrogen and oxygen atoms in total. The molecule has 0 amide bonds. The fourth-order valence-electron chi connectivity index (χ4n) is 1.76. The summed E-state index contributed by atoms with van der Waals surface area (Å²) >= 11 is 0. The van der Waals surface area contributed by atoms with Crippen LogP contribution in [0.4, 0.5) is 13.2 Å². The van der Waals surface area contributed by atoms with Gasteiger partial charge in [-0.05, 0) is 20.9 Å². The Balaban J connectivity index is 2.67. The van der Waals surface area contributed by atoms with Gasteiger partial charge in [0, 0.05) is 23.5 Å². The highest BCUT2D eigenvalue weighted by molar-refractivity contribution is 5.37. The number of nitrogens with one attached hydrogen (secondary N) is 1. The lowest BCUT2D eigenvalue weighted by molar-refractivity contribution is -0.144. The molecule has 0 aliphatic rings. The van der Waals surface area contributed by atoms with Crippen LogP contribution in [0.15, 0.2) is 0 Å². The summed E-state index contributed by atoms with van der Waals surface area (Å²) in [4.78, 5) is 7.44. The van der Waals surface area contributed by atoms with Gasteiger partial charge in [-0.25, -0.2) is 9.50 Å². The monoisotopic (exact) mass is 259 g/mol. The first-order chi connectivity index (χ1) is 8.34. The van der Waals surface area contributed by atoms with E-state index in [1.807, 2.05) is 0 Å². The molecule has 0 radical (unpaired) electrons. The van der Waals surface area contributed by atoms with E-state index in [4.69, 9.17) is 0 Å². The van der Waals surface area contributed by atoms with E-state index >= 15 is 0 Å². The maximum Gasteiger partial charge on any atom is 0.453 e. The number of fused-ring (bicyclic) bond motifs is 1. The van der Waals surface area contributed by atoms with E-state index < -0.39 is 12.0 Å². The van der Waals surface area contributed by atoms with Gasteiger partial charge in [-0.1, -0.05) is 0 Å². The van der Waals surface area contributed by atoms with E-state index in [2.05, 4.69) is 20.4 Å². The first-order valence-electron chi connectivity index (χ1n) is 5.29. The second-order valence-electron chi connectivity index (χ2n) is 3.94. The SMILES string of the molecule is CNCc1c(C)nc2nc(C(F)(F)F)nn2c1C. The van der Waals surface area contributed by atoms with Crippen molar-refractivity contribution in [3.63, 3.8) is 0 Å². The van der Waals surface area contributed by atoms with Gasteiger partial charge in [0.05, 0.1) is 0 Å². The normalized spacial score (nSPS) is 12.3. The highest BCUT2D eigenvalue weighted by atomic mass is 19.4. The summed E-state index contributed by atoms with van der Waals surface area (Å²) in [5.41, 5.74) is 2.08. The molecule has 2 rings (SSSR count). The minimum Gasteiger partial charge on any atom is -0.316 e. The second-order valence-corrected chi connectivity index (χ2v) is 3.94. The van der Waals surface area contributed by atoms with Crippen LogP contribution >= 0.6 is 0 Å². The summed E-state index contributed by atoms with van der Waals surface area (Å²) in [6.45, 7) is 3.95. The second kappa shape index (κ2) is 4.20. The van der Waals surface area contributed by atoms with E-state index in [1.54, 1.807) is 20.9 Å². The van der Waals surface area contributed by atoms with Crippen LogP contribution in [-0.4, -0.2) is 26.6 Å². The van der Waals surface area contributed by atoms with Gasteiger partial charge in [-0.3, -0.25) is 0 Å². The van der Waals surface area contributed by atoms with Crippen molar-refractivity contribution in [2.45, 2.75) is 26.6 Å². The lowest BCUT2D eigenvalue weighted by atomic mass is 10.2. The number of halogens is 3. The molecule has 0 unspecified atom stereocenters. The predicted octanol–water partition coefficient (Wildman–Crippen LogP) is 1.48. The van der Waals surface area contributed by atoms with Crippen LogP contribution in [0.5, 0.6) is 0 Å². The van der Waals surface area contributed by atoms with Gasteiger partial charge < -0.3 is 5.32 Å². The summed E-state index contributed by atoms with van der Waals surface area (Å²) in [7, 11) is 1.76. The number of aryl methyl sites for hydroxylation is 2. The summed E-state index contributed by atoms with van der Waals surface area (Å²) in [5.74, 6) is -1.20. The summed E-state index contributed by atoms with van der Waals surface area (Å²) in [6, 6.07) is 0. The van der Waals surface area contributed by atoms with Crippen LogP contribution in [0.2, 0.25) is 0 Å². The molecule has 2 heterocycles. The van der Waals surface area contributed by atoms with Crippen LogP contribution in [0.3, 0.4) is 0 Å². The van der Waals surface area contributed by atoms with E-state index in [0.717, 1.165) is 10.1 Å². The van der Waals surface area contributed by atoms with Crippen molar-refractivity contribution in [3.05, 3.63) is 22.8 Å². The average molecular weight is 259 g/mol. The smallest absolute Gasteiger partial charge is 0.316 e. The van der Waals surface area contributed by atoms with Gasteiger partial charge in [0.2, 0.25) is 0 Å². The van der Waals surface area contributed by atoms with E-state index in [1.165, 1.54) is 0 Å². The van der Waals surface area contributed by atoms with Crippen LogP contribution in [0.25, 0.3) is 5.78 Å². The zero-order valence-corrected chi connectivity index (χ0v) is 10.1. The lowest BCUT2D eigenvalue weighted by Crippen LogP contribution is -2.13. The average Bonchev–Trinajstić information content (AvgIpc) is 2.67. The fraction of sp³-hybridized carbons (Fsp3) is 0.500. The Morgan fingerprint density at radius 3 is 2.44 bits per heavy atom. The summed E-state index contributed by atoms with van der Waals surface area (Å²) in [6.07, 6.45) is -4.56. The van der Waals surface area contributed by atoms with Gasteiger partial charge in [-0.2, -0.15) is 18.2 Å². The maximum absolute atomic E-state index is 12.5. The fourth-order valence-corrected chi connectivity index (χ4v) is 1.76. The van der Waals surface area contributed by atoms with Gasteiger partial charge in [0.1, 0.15) is 0 Å². The molecule has 0 aliphatic carbocycles. The largest absolute Gasteiger partial charge is 0.453 e. The first-order valence-corrected chi connectivity index (χ1v) is 5.29. The third kappa shape index (κ3) is 2.03. The quantitative estimate of drug-likeness (QED) is 0.887. The third-order valence-corrected chi connectivity index (χ3v) is 2.66. The zero-order valence-electron chi connectivity index (χ0n) is 10.1.